The van der Waals surface area contributed by atoms with Gasteiger partial charge in [-0.1, -0.05) is 48.9 Å². The maximum absolute atomic E-state index is 6.15. The van der Waals surface area contributed by atoms with Gasteiger partial charge in [0.1, 0.15) is 10.6 Å². The summed E-state index contributed by atoms with van der Waals surface area (Å²) in [6, 6.07) is 16.9. The van der Waals surface area contributed by atoms with Crippen molar-refractivity contribution in [3.63, 3.8) is 0 Å². The molecular formula is C21H18ClN3S. The van der Waals surface area contributed by atoms with Crippen LogP contribution >= 0.6 is 22.9 Å². The average Bonchev–Trinajstić information content (AvgIpc) is 3.07. The lowest BCUT2D eigenvalue weighted by atomic mass is 10.0. The molecule has 0 saturated carbocycles. The molecule has 2 heterocycles. The zero-order valence-electron chi connectivity index (χ0n) is 14.6. The summed E-state index contributed by atoms with van der Waals surface area (Å²) in [5.74, 6) is 0.736. The van der Waals surface area contributed by atoms with Crippen molar-refractivity contribution in [1.82, 2.24) is 9.97 Å². The van der Waals surface area contributed by atoms with Gasteiger partial charge in [-0.25, -0.2) is 4.98 Å². The number of hydrogen-bond acceptors (Lipinski definition) is 4. The minimum absolute atomic E-state index is 0.252. The zero-order valence-corrected chi connectivity index (χ0v) is 16.2. The van der Waals surface area contributed by atoms with Crippen molar-refractivity contribution in [3.05, 3.63) is 70.3 Å². The third-order valence-corrected chi connectivity index (χ3v) is 5.44. The third-order valence-electron chi connectivity index (χ3n) is 4.39. The molecule has 5 heteroatoms. The Morgan fingerprint density at radius 1 is 1.00 bits per heavy atom. The molecular weight excluding hydrogens is 362 g/mol. The average molecular weight is 380 g/mol. The van der Waals surface area contributed by atoms with Crippen molar-refractivity contribution in [2.45, 2.75) is 20.3 Å². The molecule has 26 heavy (non-hydrogen) atoms. The molecule has 4 rings (SSSR count). The van der Waals surface area contributed by atoms with Gasteiger partial charge in [0.2, 0.25) is 5.28 Å². The minimum atomic E-state index is 0.252. The Morgan fingerprint density at radius 3 is 2.42 bits per heavy atom. The van der Waals surface area contributed by atoms with Gasteiger partial charge in [0.15, 0.2) is 0 Å². The maximum Gasteiger partial charge on any atom is 0.225 e. The zero-order chi connectivity index (χ0) is 18.1. The lowest BCUT2D eigenvalue weighted by Crippen LogP contribution is -1.97. The number of nitrogens with zero attached hydrogens (tertiary/aromatic N) is 2. The van der Waals surface area contributed by atoms with Crippen LogP contribution in [0.3, 0.4) is 0 Å². The molecule has 0 unspecified atom stereocenters. The van der Waals surface area contributed by atoms with Crippen LogP contribution in [-0.2, 0) is 6.42 Å². The summed E-state index contributed by atoms with van der Waals surface area (Å²) >= 11 is 7.74. The monoisotopic (exact) mass is 379 g/mol. The number of thiophene rings is 1. The molecule has 0 fully saturated rings. The number of fused-ring (bicyclic) bond motifs is 1. The second kappa shape index (κ2) is 7.06. The van der Waals surface area contributed by atoms with Crippen LogP contribution in [0.1, 0.15) is 18.1 Å². The molecule has 0 atom stereocenters. The number of benzene rings is 2. The van der Waals surface area contributed by atoms with E-state index in [1.807, 2.05) is 12.1 Å². The van der Waals surface area contributed by atoms with Crippen molar-refractivity contribution in [2.24, 2.45) is 0 Å². The Kier molecular flexibility index (Phi) is 4.62. The summed E-state index contributed by atoms with van der Waals surface area (Å²) in [4.78, 5) is 9.75. The highest BCUT2D eigenvalue weighted by molar-refractivity contribution is 7.17. The van der Waals surface area contributed by atoms with Gasteiger partial charge in [-0.2, -0.15) is 4.98 Å². The molecule has 0 amide bonds. The van der Waals surface area contributed by atoms with E-state index in [9.17, 15) is 0 Å². The van der Waals surface area contributed by atoms with E-state index < -0.39 is 0 Å². The number of hydrogen-bond donors (Lipinski definition) is 1. The molecule has 4 aromatic rings. The summed E-state index contributed by atoms with van der Waals surface area (Å²) in [6.45, 7) is 4.23. The molecule has 2 aromatic heterocycles. The van der Waals surface area contributed by atoms with Crippen LogP contribution in [0.15, 0.2) is 53.9 Å². The van der Waals surface area contributed by atoms with Crippen LogP contribution in [0.5, 0.6) is 0 Å². The molecule has 1 N–H and O–H groups in total. The van der Waals surface area contributed by atoms with E-state index in [0.717, 1.165) is 39.3 Å². The molecule has 0 saturated heterocycles. The quantitative estimate of drug-likeness (QED) is 0.404. The van der Waals surface area contributed by atoms with Gasteiger partial charge in [-0.3, -0.25) is 0 Å². The van der Waals surface area contributed by atoms with Gasteiger partial charge in [-0.05, 0) is 48.2 Å². The standard InChI is InChI=1S/C21H18ClN3S/c1-3-14-6-8-15(9-7-14)17-12-26-20-18(17)19(24-21(22)25-20)23-16-10-4-13(2)5-11-16/h4-12H,3H2,1-2H3,(H,23,24,25). The first kappa shape index (κ1) is 17.0. The van der Waals surface area contributed by atoms with E-state index in [-0.39, 0.29) is 5.28 Å². The number of aryl methyl sites for hydroxylation is 2. The lowest BCUT2D eigenvalue weighted by Gasteiger charge is -2.10. The first-order valence-corrected chi connectivity index (χ1v) is 9.77. The number of halogens is 1. The van der Waals surface area contributed by atoms with E-state index in [0.29, 0.717) is 0 Å². The first-order valence-electron chi connectivity index (χ1n) is 8.52. The predicted molar refractivity (Wildman–Crippen MR) is 112 cm³/mol. The Labute approximate surface area is 161 Å². The fraction of sp³-hybridized carbons (Fsp3) is 0.143. The van der Waals surface area contributed by atoms with E-state index in [1.165, 1.54) is 11.1 Å². The second-order valence-corrected chi connectivity index (χ2v) is 7.41. The number of nitrogens with one attached hydrogen (secondary N) is 1. The predicted octanol–water partition coefficient (Wildman–Crippen LogP) is 6.63. The maximum atomic E-state index is 6.15. The molecule has 0 aliphatic heterocycles. The fourth-order valence-corrected chi connectivity index (χ4v) is 4.08. The normalized spacial score (nSPS) is 11.0. The first-order chi connectivity index (χ1) is 12.6. The minimum Gasteiger partial charge on any atom is -0.340 e. The van der Waals surface area contributed by atoms with Crippen molar-refractivity contribution >= 4 is 44.7 Å². The number of aromatic nitrogens is 2. The van der Waals surface area contributed by atoms with Gasteiger partial charge in [-0.15, -0.1) is 11.3 Å². The summed E-state index contributed by atoms with van der Waals surface area (Å²) < 4.78 is 0. The Bertz CT molecular complexity index is 1050. The van der Waals surface area contributed by atoms with Gasteiger partial charge < -0.3 is 5.32 Å². The van der Waals surface area contributed by atoms with Crippen LogP contribution < -0.4 is 5.32 Å². The van der Waals surface area contributed by atoms with Gasteiger partial charge in [0.05, 0.1) is 5.39 Å². The molecule has 0 spiro atoms. The van der Waals surface area contributed by atoms with Crippen molar-refractivity contribution in [1.29, 1.82) is 0 Å². The number of rotatable bonds is 4. The van der Waals surface area contributed by atoms with Gasteiger partial charge in [0, 0.05) is 16.6 Å². The van der Waals surface area contributed by atoms with Crippen molar-refractivity contribution < 1.29 is 0 Å². The molecule has 0 radical (unpaired) electrons. The highest BCUT2D eigenvalue weighted by Gasteiger charge is 2.15. The van der Waals surface area contributed by atoms with Gasteiger partial charge >= 0.3 is 0 Å². The summed E-state index contributed by atoms with van der Waals surface area (Å²) in [7, 11) is 0. The van der Waals surface area contributed by atoms with Crippen LogP contribution in [0, 0.1) is 6.92 Å². The van der Waals surface area contributed by atoms with Crippen LogP contribution in [0.4, 0.5) is 11.5 Å². The third kappa shape index (κ3) is 3.30. The van der Waals surface area contributed by atoms with Crippen LogP contribution in [0.25, 0.3) is 21.3 Å². The van der Waals surface area contributed by atoms with E-state index >= 15 is 0 Å². The summed E-state index contributed by atoms with van der Waals surface area (Å²) in [6.07, 6.45) is 1.03. The Morgan fingerprint density at radius 2 is 1.73 bits per heavy atom. The van der Waals surface area contributed by atoms with Gasteiger partial charge in [0.25, 0.3) is 0 Å². The second-order valence-electron chi connectivity index (χ2n) is 6.21. The van der Waals surface area contributed by atoms with Crippen molar-refractivity contribution in [3.8, 4) is 11.1 Å². The highest BCUT2D eigenvalue weighted by Crippen LogP contribution is 2.38. The number of anilines is 2. The van der Waals surface area contributed by atoms with E-state index in [2.05, 4.69) is 70.9 Å². The Balaban J connectivity index is 1.83. The molecule has 130 valence electrons. The Hall–Kier alpha value is -2.43. The van der Waals surface area contributed by atoms with Crippen LogP contribution in [-0.4, -0.2) is 9.97 Å². The van der Waals surface area contributed by atoms with Crippen LogP contribution in [0.2, 0.25) is 5.28 Å². The lowest BCUT2D eigenvalue weighted by molar-refractivity contribution is 1.14. The summed E-state index contributed by atoms with van der Waals surface area (Å²) in [5, 5.41) is 6.78. The van der Waals surface area contributed by atoms with E-state index in [1.54, 1.807) is 11.3 Å². The van der Waals surface area contributed by atoms with Crippen molar-refractivity contribution in [2.75, 3.05) is 5.32 Å². The van der Waals surface area contributed by atoms with E-state index in [4.69, 9.17) is 11.6 Å². The molecule has 0 bridgehead atoms. The fourth-order valence-electron chi connectivity index (χ4n) is 2.91. The molecule has 3 nitrogen and oxygen atoms in total. The largest absolute Gasteiger partial charge is 0.340 e. The highest BCUT2D eigenvalue weighted by atomic mass is 35.5. The molecule has 2 aromatic carbocycles. The topological polar surface area (TPSA) is 37.8 Å². The molecule has 0 aliphatic carbocycles. The SMILES string of the molecule is CCc1ccc(-c2csc3nc(Cl)nc(Nc4ccc(C)cc4)c23)cc1. The summed E-state index contributed by atoms with van der Waals surface area (Å²) in [5.41, 5.74) is 5.80. The smallest absolute Gasteiger partial charge is 0.225 e. The molecule has 0 aliphatic rings.